The molecule has 0 radical (unpaired) electrons. The Hall–Kier alpha value is -4.26. The van der Waals surface area contributed by atoms with Gasteiger partial charge in [-0.2, -0.15) is 0 Å². The number of carbonyl (C=O) groups is 1. The molecule has 0 aliphatic heterocycles. The van der Waals surface area contributed by atoms with Crippen LogP contribution in [-0.2, 0) is 0 Å². The van der Waals surface area contributed by atoms with Crippen LogP contribution in [0.3, 0.4) is 0 Å². The Labute approximate surface area is 185 Å². The highest BCUT2D eigenvalue weighted by Gasteiger charge is 2.08. The first-order valence-electron chi connectivity index (χ1n) is 10.1. The summed E-state index contributed by atoms with van der Waals surface area (Å²) in [5, 5.41) is 6.03. The van der Waals surface area contributed by atoms with Crippen molar-refractivity contribution in [3.8, 4) is 17.0 Å². The van der Waals surface area contributed by atoms with Gasteiger partial charge in [0, 0.05) is 28.6 Å². The van der Waals surface area contributed by atoms with Crippen LogP contribution in [0, 0.1) is 5.82 Å². The van der Waals surface area contributed by atoms with Crippen LogP contribution in [0.25, 0.3) is 11.3 Å². The minimum absolute atomic E-state index is 0.212. The van der Waals surface area contributed by atoms with E-state index < -0.39 is 0 Å². The minimum atomic E-state index is -0.324. The Morgan fingerprint density at radius 2 is 1.69 bits per heavy atom. The summed E-state index contributed by atoms with van der Waals surface area (Å²) in [6.07, 6.45) is 1.42. The zero-order valence-corrected chi connectivity index (χ0v) is 17.4. The van der Waals surface area contributed by atoms with Gasteiger partial charge in [-0.05, 0) is 67.6 Å². The third-order valence-corrected chi connectivity index (χ3v) is 4.63. The normalized spacial score (nSPS) is 10.4. The monoisotopic (exact) mass is 428 g/mol. The van der Waals surface area contributed by atoms with Gasteiger partial charge in [0.2, 0.25) is 0 Å². The van der Waals surface area contributed by atoms with E-state index in [0.29, 0.717) is 34.9 Å². The molecule has 1 aromatic heterocycles. The Morgan fingerprint density at radius 3 is 2.41 bits per heavy atom. The van der Waals surface area contributed by atoms with E-state index in [1.54, 1.807) is 54.6 Å². The van der Waals surface area contributed by atoms with Gasteiger partial charge >= 0.3 is 0 Å². The summed E-state index contributed by atoms with van der Waals surface area (Å²) < 4.78 is 18.9. The topological polar surface area (TPSA) is 76.1 Å². The van der Waals surface area contributed by atoms with Gasteiger partial charge in [0.05, 0.1) is 12.3 Å². The van der Waals surface area contributed by atoms with Gasteiger partial charge < -0.3 is 15.4 Å². The molecule has 1 amide bonds. The fourth-order valence-corrected chi connectivity index (χ4v) is 3.09. The number of hydrogen-bond donors (Lipinski definition) is 2. The van der Waals surface area contributed by atoms with E-state index in [-0.39, 0.29) is 11.7 Å². The van der Waals surface area contributed by atoms with Crippen LogP contribution in [0.15, 0.2) is 85.2 Å². The maximum atomic E-state index is 13.5. The van der Waals surface area contributed by atoms with Crippen molar-refractivity contribution < 1.29 is 13.9 Å². The summed E-state index contributed by atoms with van der Waals surface area (Å²) in [4.78, 5) is 20.9. The number of nitrogens with zero attached hydrogens (tertiary/aromatic N) is 2. The fraction of sp³-hybridized carbons (Fsp3) is 0.0800. The number of nitrogens with one attached hydrogen (secondary N) is 2. The molecule has 0 spiro atoms. The second kappa shape index (κ2) is 9.70. The second-order valence-corrected chi connectivity index (χ2v) is 6.91. The lowest BCUT2D eigenvalue weighted by Gasteiger charge is -2.09. The number of anilines is 3. The van der Waals surface area contributed by atoms with E-state index in [0.717, 1.165) is 11.4 Å². The summed E-state index contributed by atoms with van der Waals surface area (Å²) in [6.45, 7) is 2.51. The van der Waals surface area contributed by atoms with Gasteiger partial charge in [0.15, 0.2) is 0 Å². The largest absolute Gasteiger partial charge is 0.494 e. The molecule has 32 heavy (non-hydrogen) atoms. The number of benzene rings is 3. The van der Waals surface area contributed by atoms with Crippen LogP contribution >= 0.6 is 0 Å². The highest BCUT2D eigenvalue weighted by Crippen LogP contribution is 2.22. The third-order valence-electron chi connectivity index (χ3n) is 4.63. The van der Waals surface area contributed by atoms with Gasteiger partial charge in [-0.25, -0.2) is 14.4 Å². The average Bonchev–Trinajstić information content (AvgIpc) is 2.81. The summed E-state index contributed by atoms with van der Waals surface area (Å²) in [5.41, 5.74) is 3.23. The molecule has 0 atom stereocenters. The standard InChI is InChI=1S/C25H21FN4O2/c1-2-32-22-12-10-21(11-13-22)30-25(31)17-6-8-20(9-7-17)29-24-15-23(27-16-28-24)18-4-3-5-19(26)14-18/h3-16H,2H2,1H3,(H,30,31)(H,27,28,29). The zero-order chi connectivity index (χ0) is 22.3. The van der Waals surface area contributed by atoms with Crippen molar-refractivity contribution in [2.24, 2.45) is 0 Å². The van der Waals surface area contributed by atoms with Gasteiger partial charge in [0.1, 0.15) is 23.7 Å². The highest BCUT2D eigenvalue weighted by atomic mass is 19.1. The molecular formula is C25H21FN4O2. The summed E-state index contributed by atoms with van der Waals surface area (Å²) in [6, 6.07) is 22.2. The Kier molecular flexibility index (Phi) is 6.36. The molecule has 0 aliphatic carbocycles. The van der Waals surface area contributed by atoms with E-state index >= 15 is 0 Å². The van der Waals surface area contributed by atoms with Gasteiger partial charge in [-0.1, -0.05) is 12.1 Å². The number of ether oxygens (including phenoxy) is 1. The van der Waals surface area contributed by atoms with Crippen molar-refractivity contribution in [2.45, 2.75) is 6.92 Å². The zero-order valence-electron chi connectivity index (χ0n) is 17.4. The van der Waals surface area contributed by atoms with Crippen molar-refractivity contribution in [3.63, 3.8) is 0 Å². The van der Waals surface area contributed by atoms with Crippen LogP contribution < -0.4 is 15.4 Å². The average molecular weight is 428 g/mol. The lowest BCUT2D eigenvalue weighted by molar-refractivity contribution is 0.102. The van der Waals surface area contributed by atoms with Crippen molar-refractivity contribution in [2.75, 3.05) is 17.2 Å². The highest BCUT2D eigenvalue weighted by molar-refractivity contribution is 6.04. The number of amides is 1. The lowest BCUT2D eigenvalue weighted by Crippen LogP contribution is -2.11. The smallest absolute Gasteiger partial charge is 0.255 e. The van der Waals surface area contributed by atoms with Crippen molar-refractivity contribution in [1.29, 1.82) is 0 Å². The summed E-state index contributed by atoms with van der Waals surface area (Å²) >= 11 is 0. The molecule has 2 N–H and O–H groups in total. The molecule has 0 aliphatic rings. The van der Waals surface area contributed by atoms with Crippen LogP contribution in [0.5, 0.6) is 5.75 Å². The van der Waals surface area contributed by atoms with Gasteiger partial charge in [-0.3, -0.25) is 4.79 Å². The number of hydrogen-bond acceptors (Lipinski definition) is 5. The number of aromatic nitrogens is 2. The van der Waals surface area contributed by atoms with Crippen LogP contribution in [0.2, 0.25) is 0 Å². The molecule has 6 nitrogen and oxygen atoms in total. The van der Waals surface area contributed by atoms with Crippen LogP contribution in [0.1, 0.15) is 17.3 Å². The predicted octanol–water partition coefficient (Wildman–Crippen LogP) is 5.68. The van der Waals surface area contributed by atoms with E-state index in [1.807, 2.05) is 19.1 Å². The maximum absolute atomic E-state index is 13.5. The molecule has 7 heteroatoms. The van der Waals surface area contributed by atoms with Crippen molar-refractivity contribution >= 4 is 23.1 Å². The summed E-state index contributed by atoms with van der Waals surface area (Å²) in [5.74, 6) is 0.780. The first-order valence-corrected chi connectivity index (χ1v) is 10.1. The Morgan fingerprint density at radius 1 is 0.938 bits per heavy atom. The Balaban J connectivity index is 1.41. The molecule has 4 aromatic rings. The molecule has 3 aromatic carbocycles. The number of halogens is 1. The minimum Gasteiger partial charge on any atom is -0.494 e. The Bertz CT molecular complexity index is 1210. The molecule has 0 saturated heterocycles. The predicted molar refractivity (Wildman–Crippen MR) is 123 cm³/mol. The van der Waals surface area contributed by atoms with Gasteiger partial charge in [-0.15, -0.1) is 0 Å². The molecule has 4 rings (SSSR count). The molecule has 0 bridgehead atoms. The molecule has 0 fully saturated rings. The molecule has 160 valence electrons. The first kappa shape index (κ1) is 21.0. The molecule has 1 heterocycles. The summed E-state index contributed by atoms with van der Waals surface area (Å²) in [7, 11) is 0. The van der Waals surface area contributed by atoms with E-state index in [9.17, 15) is 9.18 Å². The third kappa shape index (κ3) is 5.26. The molecule has 0 saturated carbocycles. The number of carbonyl (C=O) groups excluding carboxylic acids is 1. The van der Waals surface area contributed by atoms with Crippen LogP contribution in [0.4, 0.5) is 21.6 Å². The molecular weight excluding hydrogens is 407 g/mol. The number of rotatable bonds is 7. The van der Waals surface area contributed by atoms with Gasteiger partial charge in [0.25, 0.3) is 5.91 Å². The van der Waals surface area contributed by atoms with E-state index in [4.69, 9.17) is 4.74 Å². The lowest BCUT2D eigenvalue weighted by atomic mass is 10.1. The quantitative estimate of drug-likeness (QED) is 0.396. The van der Waals surface area contributed by atoms with E-state index in [2.05, 4.69) is 20.6 Å². The SMILES string of the molecule is CCOc1ccc(NC(=O)c2ccc(Nc3cc(-c4cccc(F)c4)ncn3)cc2)cc1. The fourth-order valence-electron chi connectivity index (χ4n) is 3.09. The molecule has 0 unspecified atom stereocenters. The van der Waals surface area contributed by atoms with Crippen molar-refractivity contribution in [3.05, 3.63) is 96.6 Å². The first-order chi connectivity index (χ1) is 15.6. The maximum Gasteiger partial charge on any atom is 0.255 e. The second-order valence-electron chi connectivity index (χ2n) is 6.91. The van der Waals surface area contributed by atoms with E-state index in [1.165, 1.54) is 18.5 Å². The van der Waals surface area contributed by atoms with Crippen LogP contribution in [-0.4, -0.2) is 22.5 Å². The van der Waals surface area contributed by atoms with Crippen molar-refractivity contribution in [1.82, 2.24) is 9.97 Å².